The van der Waals surface area contributed by atoms with Crippen LogP contribution in [0.25, 0.3) is 0 Å². The van der Waals surface area contributed by atoms with Crippen LogP contribution in [-0.4, -0.2) is 48.5 Å². The zero-order valence-electron chi connectivity index (χ0n) is 15.2. The fourth-order valence-electron chi connectivity index (χ4n) is 3.05. The molecule has 0 aliphatic heterocycles. The summed E-state index contributed by atoms with van der Waals surface area (Å²) in [4.78, 5) is 24.4. The molecule has 1 rings (SSSR count). The number of hydrogen-bond acceptors (Lipinski definition) is 5. The van der Waals surface area contributed by atoms with Crippen LogP contribution < -0.4 is 14.4 Å². The molecule has 7 heteroatoms. The lowest BCUT2D eigenvalue weighted by molar-refractivity contribution is -0.138. The summed E-state index contributed by atoms with van der Waals surface area (Å²) < 4.78 is 10.6. The number of hydrogen-bond donors (Lipinski definition) is 2. The molecule has 140 valence electrons. The van der Waals surface area contributed by atoms with Gasteiger partial charge < -0.3 is 24.6 Å². The highest BCUT2D eigenvalue weighted by Crippen LogP contribution is 2.37. The van der Waals surface area contributed by atoms with Crippen molar-refractivity contribution in [3.05, 3.63) is 18.2 Å². The molecule has 0 radical (unpaired) electrons. The monoisotopic (exact) mass is 353 g/mol. The molecule has 0 aromatic heterocycles. The molecule has 0 fully saturated rings. The maximum Gasteiger partial charge on any atom is 0.305 e. The van der Waals surface area contributed by atoms with E-state index in [1.807, 2.05) is 18.7 Å². The van der Waals surface area contributed by atoms with Crippen LogP contribution in [0.4, 0.5) is 5.69 Å². The molecule has 0 spiro atoms. The molecule has 0 amide bonds. The average molecular weight is 353 g/mol. The predicted octanol–water partition coefficient (Wildman–Crippen LogP) is 3.02. The normalized spacial score (nSPS) is 11.0. The van der Waals surface area contributed by atoms with Gasteiger partial charge in [-0.1, -0.05) is 13.8 Å². The Morgan fingerprint density at radius 3 is 1.88 bits per heavy atom. The van der Waals surface area contributed by atoms with Gasteiger partial charge >= 0.3 is 11.9 Å². The van der Waals surface area contributed by atoms with Gasteiger partial charge in [-0.05, 0) is 12.8 Å². The minimum atomic E-state index is -0.934. The summed E-state index contributed by atoms with van der Waals surface area (Å²) in [6.07, 6.45) is 0.948. The molecule has 0 saturated heterocycles. The fourth-order valence-corrected chi connectivity index (χ4v) is 3.05. The van der Waals surface area contributed by atoms with Crippen LogP contribution in [0, 0.1) is 0 Å². The van der Waals surface area contributed by atoms with Crippen LogP contribution in [0.15, 0.2) is 18.2 Å². The molecule has 25 heavy (non-hydrogen) atoms. The number of rotatable bonds is 11. The van der Waals surface area contributed by atoms with Gasteiger partial charge in [-0.3, -0.25) is 9.59 Å². The van der Waals surface area contributed by atoms with E-state index in [0.717, 1.165) is 0 Å². The summed E-state index contributed by atoms with van der Waals surface area (Å²) in [5.41, 5.74) is -0.0130. The highest BCUT2D eigenvalue weighted by atomic mass is 16.5. The molecule has 0 bridgehead atoms. The summed E-state index contributed by atoms with van der Waals surface area (Å²) in [6, 6.07) is 5.26. The molecule has 0 saturated carbocycles. The van der Waals surface area contributed by atoms with Crippen molar-refractivity contribution in [2.45, 2.75) is 45.1 Å². The third-order valence-corrected chi connectivity index (χ3v) is 4.57. The Balaban J connectivity index is 3.44. The predicted molar refractivity (Wildman–Crippen MR) is 94.7 cm³/mol. The van der Waals surface area contributed by atoms with Gasteiger partial charge in [0.05, 0.1) is 32.6 Å². The van der Waals surface area contributed by atoms with Crippen molar-refractivity contribution in [3.8, 4) is 11.5 Å². The van der Waals surface area contributed by atoms with Gasteiger partial charge in [0.15, 0.2) is 0 Å². The number of anilines is 1. The van der Waals surface area contributed by atoms with Crippen molar-refractivity contribution in [2.24, 2.45) is 0 Å². The Bertz CT molecular complexity index is 575. The quantitative estimate of drug-likeness (QED) is 0.631. The molecule has 7 nitrogen and oxygen atoms in total. The molecule has 0 heterocycles. The lowest BCUT2D eigenvalue weighted by atomic mass is 9.86. The van der Waals surface area contributed by atoms with Gasteiger partial charge in [-0.15, -0.1) is 0 Å². The zero-order valence-corrected chi connectivity index (χ0v) is 15.2. The van der Waals surface area contributed by atoms with E-state index < -0.39 is 17.5 Å². The van der Waals surface area contributed by atoms with Gasteiger partial charge in [-0.25, -0.2) is 0 Å². The van der Waals surface area contributed by atoms with Crippen molar-refractivity contribution in [3.63, 3.8) is 0 Å². The number of nitrogens with zero attached hydrogens (tertiary/aromatic N) is 1. The van der Waals surface area contributed by atoms with E-state index in [1.54, 1.807) is 18.2 Å². The SMILES string of the molecule is CCC(CC)(CC(=O)O)N(CCC(=O)O)c1cc(OC)cc(OC)c1. The van der Waals surface area contributed by atoms with E-state index in [2.05, 4.69) is 0 Å². The summed E-state index contributed by atoms with van der Waals surface area (Å²) in [5.74, 6) is -0.729. The van der Waals surface area contributed by atoms with Crippen molar-refractivity contribution in [2.75, 3.05) is 25.7 Å². The van der Waals surface area contributed by atoms with Crippen molar-refractivity contribution < 1.29 is 29.3 Å². The molecule has 1 aromatic carbocycles. The summed E-state index contributed by atoms with van der Waals surface area (Å²) in [5, 5.41) is 18.5. The first-order chi connectivity index (χ1) is 11.8. The first-order valence-corrected chi connectivity index (χ1v) is 8.26. The number of methoxy groups -OCH3 is 2. The molecular formula is C18H27NO6. The minimum Gasteiger partial charge on any atom is -0.497 e. The first kappa shape index (κ1) is 20.6. The van der Waals surface area contributed by atoms with Gasteiger partial charge in [0.1, 0.15) is 11.5 Å². The van der Waals surface area contributed by atoms with E-state index in [9.17, 15) is 14.7 Å². The van der Waals surface area contributed by atoms with E-state index in [0.29, 0.717) is 30.0 Å². The Labute approximate surface area is 148 Å². The number of ether oxygens (including phenoxy) is 2. The van der Waals surface area contributed by atoms with Crippen LogP contribution in [-0.2, 0) is 9.59 Å². The van der Waals surface area contributed by atoms with E-state index >= 15 is 0 Å². The Hall–Kier alpha value is -2.44. The van der Waals surface area contributed by atoms with Crippen LogP contribution >= 0.6 is 0 Å². The Morgan fingerprint density at radius 1 is 1.00 bits per heavy atom. The maximum atomic E-state index is 11.5. The van der Waals surface area contributed by atoms with Crippen LogP contribution in [0.2, 0.25) is 0 Å². The molecule has 0 aliphatic rings. The lowest BCUT2D eigenvalue weighted by Gasteiger charge is -2.44. The Morgan fingerprint density at radius 2 is 1.52 bits per heavy atom. The molecule has 0 unspecified atom stereocenters. The van der Waals surface area contributed by atoms with Gasteiger partial charge in [0.25, 0.3) is 0 Å². The smallest absolute Gasteiger partial charge is 0.305 e. The summed E-state index contributed by atoms with van der Waals surface area (Å²) in [6.45, 7) is 4.02. The molecule has 2 N–H and O–H groups in total. The second kappa shape index (κ2) is 9.15. The second-order valence-corrected chi connectivity index (χ2v) is 5.87. The van der Waals surface area contributed by atoms with Crippen molar-refractivity contribution >= 4 is 17.6 Å². The van der Waals surface area contributed by atoms with Crippen molar-refractivity contribution in [1.82, 2.24) is 0 Å². The van der Waals surface area contributed by atoms with Crippen LogP contribution in [0.5, 0.6) is 11.5 Å². The summed E-state index contributed by atoms with van der Waals surface area (Å²) in [7, 11) is 3.06. The molecular weight excluding hydrogens is 326 g/mol. The minimum absolute atomic E-state index is 0.0842. The first-order valence-electron chi connectivity index (χ1n) is 8.26. The molecule has 0 aliphatic carbocycles. The lowest BCUT2D eigenvalue weighted by Crippen LogP contribution is -2.50. The van der Waals surface area contributed by atoms with E-state index in [-0.39, 0.29) is 19.4 Å². The third kappa shape index (κ3) is 5.27. The largest absolute Gasteiger partial charge is 0.497 e. The number of benzene rings is 1. The number of carbonyl (C=O) groups is 2. The van der Waals surface area contributed by atoms with Gasteiger partial charge in [-0.2, -0.15) is 0 Å². The van der Waals surface area contributed by atoms with Gasteiger partial charge in [0, 0.05) is 30.4 Å². The third-order valence-electron chi connectivity index (χ3n) is 4.57. The Kier molecular flexibility index (Phi) is 7.54. The van der Waals surface area contributed by atoms with E-state index in [1.165, 1.54) is 14.2 Å². The van der Waals surface area contributed by atoms with Crippen molar-refractivity contribution in [1.29, 1.82) is 0 Å². The highest BCUT2D eigenvalue weighted by molar-refractivity contribution is 5.71. The molecule has 1 aromatic rings. The topological polar surface area (TPSA) is 96.3 Å². The highest BCUT2D eigenvalue weighted by Gasteiger charge is 2.36. The number of carboxylic acid groups (broad SMARTS) is 2. The zero-order chi connectivity index (χ0) is 19.0. The second-order valence-electron chi connectivity index (χ2n) is 5.87. The molecule has 0 atom stereocenters. The number of aliphatic carboxylic acids is 2. The summed E-state index contributed by atoms with van der Waals surface area (Å²) >= 11 is 0. The maximum absolute atomic E-state index is 11.5. The van der Waals surface area contributed by atoms with E-state index in [4.69, 9.17) is 14.6 Å². The average Bonchev–Trinajstić information content (AvgIpc) is 2.59. The number of carboxylic acids is 2. The van der Waals surface area contributed by atoms with Crippen LogP contribution in [0.1, 0.15) is 39.5 Å². The fraction of sp³-hybridized carbons (Fsp3) is 0.556. The van der Waals surface area contributed by atoms with Crippen LogP contribution in [0.3, 0.4) is 0 Å². The standard InChI is InChI=1S/C18H27NO6/c1-5-18(6-2,12-17(22)23)19(8-7-16(20)21)13-9-14(24-3)11-15(10-13)25-4/h9-11H,5-8,12H2,1-4H3,(H,20,21)(H,22,23). The van der Waals surface area contributed by atoms with Gasteiger partial charge in [0.2, 0.25) is 0 Å².